The normalized spacial score (nSPS) is 12.6. The third-order valence-corrected chi connectivity index (χ3v) is 2.85. The fourth-order valence-corrected chi connectivity index (χ4v) is 1.75. The second-order valence-electron chi connectivity index (χ2n) is 4.46. The summed E-state index contributed by atoms with van der Waals surface area (Å²) in [6.07, 6.45) is 2.52. The molecule has 2 aromatic rings. The first-order valence-electron chi connectivity index (χ1n) is 5.89. The molecule has 0 saturated carbocycles. The van der Waals surface area contributed by atoms with Crippen LogP contribution in [0.15, 0.2) is 34.9 Å². The minimum Gasteiger partial charge on any atom is -0.445 e. The molecule has 0 fully saturated rings. The van der Waals surface area contributed by atoms with Crippen molar-refractivity contribution in [3.8, 4) is 0 Å². The molecule has 1 atom stereocenters. The minimum absolute atomic E-state index is 0.230. The second kappa shape index (κ2) is 5.15. The number of oxazole rings is 1. The van der Waals surface area contributed by atoms with Gasteiger partial charge >= 0.3 is 0 Å². The molecule has 1 aromatic carbocycles. The summed E-state index contributed by atoms with van der Waals surface area (Å²) in [5.41, 5.74) is 8.07. The Labute approximate surface area is 102 Å². The van der Waals surface area contributed by atoms with Crippen LogP contribution in [0.25, 0.3) is 0 Å². The molecule has 1 heterocycles. The quantitative estimate of drug-likeness (QED) is 0.878. The molecule has 2 rings (SSSR count). The first kappa shape index (κ1) is 11.9. The second-order valence-corrected chi connectivity index (χ2v) is 4.46. The van der Waals surface area contributed by atoms with Gasteiger partial charge in [0.05, 0.1) is 6.20 Å². The Bertz CT molecular complexity index is 490. The highest BCUT2D eigenvalue weighted by atomic mass is 16.4. The zero-order valence-electron chi connectivity index (χ0n) is 10.3. The highest BCUT2D eigenvalue weighted by Crippen LogP contribution is 2.17. The highest BCUT2D eigenvalue weighted by Gasteiger charge is 2.10. The van der Waals surface area contributed by atoms with Gasteiger partial charge in [0.15, 0.2) is 5.89 Å². The standard InChI is InChI=1S/C14H18N2O/c1-10-4-3-5-12(6-10)7-14-16-9-13(17-14)11(2)8-15/h3-6,9,11H,7-8,15H2,1-2H3. The Morgan fingerprint density at radius 2 is 2.24 bits per heavy atom. The predicted molar refractivity (Wildman–Crippen MR) is 68.0 cm³/mol. The SMILES string of the molecule is Cc1cccc(Cc2ncc(C(C)CN)o2)c1. The zero-order valence-corrected chi connectivity index (χ0v) is 10.3. The molecule has 0 spiro atoms. The van der Waals surface area contributed by atoms with Crippen molar-refractivity contribution in [3.63, 3.8) is 0 Å². The van der Waals surface area contributed by atoms with Crippen LogP contribution in [-0.4, -0.2) is 11.5 Å². The van der Waals surface area contributed by atoms with E-state index in [1.165, 1.54) is 11.1 Å². The van der Waals surface area contributed by atoms with E-state index >= 15 is 0 Å². The van der Waals surface area contributed by atoms with Gasteiger partial charge in [-0.2, -0.15) is 0 Å². The Morgan fingerprint density at radius 3 is 2.94 bits per heavy atom. The Kier molecular flexibility index (Phi) is 3.59. The summed E-state index contributed by atoms with van der Waals surface area (Å²) in [5, 5.41) is 0. The van der Waals surface area contributed by atoms with Gasteiger partial charge in [0.2, 0.25) is 0 Å². The lowest BCUT2D eigenvalue weighted by molar-refractivity contribution is 0.440. The number of hydrogen-bond donors (Lipinski definition) is 1. The van der Waals surface area contributed by atoms with Gasteiger partial charge in [-0.3, -0.25) is 0 Å². The summed E-state index contributed by atoms with van der Waals surface area (Å²) < 4.78 is 5.69. The first-order chi connectivity index (χ1) is 8.19. The lowest BCUT2D eigenvalue weighted by atomic mass is 10.1. The van der Waals surface area contributed by atoms with Crippen LogP contribution in [0, 0.1) is 6.92 Å². The van der Waals surface area contributed by atoms with Crippen LogP contribution in [0.5, 0.6) is 0 Å². The molecule has 3 nitrogen and oxygen atoms in total. The smallest absolute Gasteiger partial charge is 0.198 e. The molecule has 17 heavy (non-hydrogen) atoms. The molecule has 0 bridgehead atoms. The van der Waals surface area contributed by atoms with E-state index in [1.54, 1.807) is 6.20 Å². The molecule has 1 unspecified atom stereocenters. The van der Waals surface area contributed by atoms with Crippen molar-refractivity contribution in [2.75, 3.05) is 6.54 Å². The summed E-state index contributed by atoms with van der Waals surface area (Å²) in [5.74, 6) is 1.86. The number of benzene rings is 1. The van der Waals surface area contributed by atoms with E-state index in [2.05, 4.69) is 36.2 Å². The molecule has 3 heteroatoms. The van der Waals surface area contributed by atoms with Gasteiger partial charge in [0, 0.05) is 18.9 Å². The molecule has 0 radical (unpaired) electrons. The summed E-state index contributed by atoms with van der Waals surface area (Å²) >= 11 is 0. The Balaban J connectivity index is 2.11. The maximum absolute atomic E-state index is 5.69. The van der Waals surface area contributed by atoms with Crippen molar-refractivity contribution in [1.29, 1.82) is 0 Å². The molecule has 90 valence electrons. The summed E-state index contributed by atoms with van der Waals surface area (Å²) in [7, 11) is 0. The number of aryl methyl sites for hydroxylation is 1. The maximum Gasteiger partial charge on any atom is 0.198 e. The Morgan fingerprint density at radius 1 is 1.41 bits per heavy atom. The molecule has 0 amide bonds. The fourth-order valence-electron chi connectivity index (χ4n) is 1.75. The van der Waals surface area contributed by atoms with Crippen LogP contribution in [-0.2, 0) is 6.42 Å². The van der Waals surface area contributed by atoms with Crippen LogP contribution in [0.3, 0.4) is 0 Å². The van der Waals surface area contributed by atoms with Gasteiger partial charge in [-0.15, -0.1) is 0 Å². The van der Waals surface area contributed by atoms with E-state index in [1.807, 2.05) is 6.92 Å². The monoisotopic (exact) mass is 230 g/mol. The van der Waals surface area contributed by atoms with Crippen molar-refractivity contribution >= 4 is 0 Å². The third kappa shape index (κ3) is 2.94. The van der Waals surface area contributed by atoms with Crippen molar-refractivity contribution in [1.82, 2.24) is 4.98 Å². The van der Waals surface area contributed by atoms with Gasteiger partial charge in [-0.05, 0) is 12.5 Å². The molecule has 0 aliphatic heterocycles. The van der Waals surface area contributed by atoms with E-state index < -0.39 is 0 Å². The molecular weight excluding hydrogens is 212 g/mol. The van der Waals surface area contributed by atoms with Gasteiger partial charge in [0.25, 0.3) is 0 Å². The number of nitrogens with zero attached hydrogens (tertiary/aromatic N) is 1. The minimum atomic E-state index is 0.230. The third-order valence-electron chi connectivity index (χ3n) is 2.85. The summed E-state index contributed by atoms with van der Waals surface area (Å²) in [6, 6.07) is 8.37. The van der Waals surface area contributed by atoms with E-state index in [4.69, 9.17) is 10.2 Å². The van der Waals surface area contributed by atoms with E-state index in [0.717, 1.165) is 18.1 Å². The summed E-state index contributed by atoms with van der Waals surface area (Å²) in [4.78, 5) is 4.29. The lowest BCUT2D eigenvalue weighted by Gasteiger charge is -2.02. The maximum atomic E-state index is 5.69. The topological polar surface area (TPSA) is 52.0 Å². The average Bonchev–Trinajstić information content (AvgIpc) is 2.76. The van der Waals surface area contributed by atoms with Gasteiger partial charge in [-0.25, -0.2) is 4.98 Å². The largest absolute Gasteiger partial charge is 0.445 e. The van der Waals surface area contributed by atoms with Gasteiger partial charge < -0.3 is 10.2 Å². The predicted octanol–water partition coefficient (Wildman–Crippen LogP) is 2.64. The first-order valence-corrected chi connectivity index (χ1v) is 5.89. The van der Waals surface area contributed by atoms with Crippen LogP contribution < -0.4 is 5.73 Å². The van der Waals surface area contributed by atoms with Crippen molar-refractivity contribution in [3.05, 3.63) is 53.2 Å². The Hall–Kier alpha value is -1.61. The highest BCUT2D eigenvalue weighted by molar-refractivity contribution is 5.24. The fraction of sp³-hybridized carbons (Fsp3) is 0.357. The van der Waals surface area contributed by atoms with E-state index in [9.17, 15) is 0 Å². The van der Waals surface area contributed by atoms with Crippen LogP contribution in [0.2, 0.25) is 0 Å². The molecule has 0 aliphatic carbocycles. The number of aromatic nitrogens is 1. The van der Waals surface area contributed by atoms with E-state index in [-0.39, 0.29) is 5.92 Å². The van der Waals surface area contributed by atoms with Crippen LogP contribution in [0.1, 0.15) is 35.6 Å². The van der Waals surface area contributed by atoms with Gasteiger partial charge in [-0.1, -0.05) is 36.8 Å². The number of nitrogens with two attached hydrogens (primary N) is 1. The van der Waals surface area contributed by atoms with Crippen LogP contribution in [0.4, 0.5) is 0 Å². The molecule has 0 saturated heterocycles. The van der Waals surface area contributed by atoms with Crippen molar-refractivity contribution < 1.29 is 4.42 Å². The summed E-state index contributed by atoms with van der Waals surface area (Å²) in [6.45, 7) is 4.71. The average molecular weight is 230 g/mol. The zero-order chi connectivity index (χ0) is 12.3. The molecule has 2 N–H and O–H groups in total. The van der Waals surface area contributed by atoms with Crippen molar-refractivity contribution in [2.24, 2.45) is 5.73 Å². The number of rotatable bonds is 4. The molecular formula is C14H18N2O. The molecule has 1 aromatic heterocycles. The van der Waals surface area contributed by atoms with E-state index in [0.29, 0.717) is 6.54 Å². The van der Waals surface area contributed by atoms with Gasteiger partial charge in [0.1, 0.15) is 5.76 Å². The van der Waals surface area contributed by atoms with Crippen molar-refractivity contribution in [2.45, 2.75) is 26.2 Å². The number of hydrogen-bond acceptors (Lipinski definition) is 3. The lowest BCUT2D eigenvalue weighted by Crippen LogP contribution is -2.07. The van der Waals surface area contributed by atoms with Crippen LogP contribution >= 0.6 is 0 Å². The molecule has 0 aliphatic rings.